The van der Waals surface area contributed by atoms with Gasteiger partial charge in [-0.15, -0.1) is 0 Å². The van der Waals surface area contributed by atoms with Gasteiger partial charge >= 0.3 is 5.97 Å². The molecule has 1 amide bonds. The molecule has 0 saturated heterocycles. The number of carboxylic acids is 1. The molecule has 0 spiro atoms. The molecule has 2 N–H and O–H groups in total. The highest BCUT2D eigenvalue weighted by Gasteiger charge is 2.20. The van der Waals surface area contributed by atoms with E-state index in [-0.39, 0.29) is 18.2 Å². The number of rotatable bonds is 6. The number of fused-ring (bicyclic) bond motifs is 1. The molecule has 8 nitrogen and oxygen atoms in total. The second-order valence-corrected chi connectivity index (χ2v) is 5.37. The lowest BCUT2D eigenvalue weighted by Gasteiger charge is -2.07. The fraction of sp³-hybridized carbons (Fsp3) is 0.500. The number of aromatic nitrogens is 4. The number of nitrogens with zero attached hydrogens (tertiary/aromatic N) is 4. The van der Waals surface area contributed by atoms with Crippen LogP contribution in [-0.4, -0.2) is 49.1 Å². The third kappa shape index (κ3) is 3.02. The van der Waals surface area contributed by atoms with Gasteiger partial charge in [0, 0.05) is 14.1 Å². The normalized spacial score (nSPS) is 11.0. The fourth-order valence-electron chi connectivity index (χ4n) is 2.06. The average Bonchev–Trinajstić information content (AvgIpc) is 2.95. The standard InChI is InChI=1S/C12H17N5O3S/c1-4-7-10-11(16(3)15-7)17(5-8(18)13-2)12(14-10)21-6-9(19)20/h4-6H2,1-3H3,(H,13,18)(H,19,20). The maximum atomic E-state index is 11.7. The van der Waals surface area contributed by atoms with Crippen molar-refractivity contribution < 1.29 is 14.7 Å². The van der Waals surface area contributed by atoms with Gasteiger partial charge in [0.15, 0.2) is 10.8 Å². The summed E-state index contributed by atoms with van der Waals surface area (Å²) in [6.07, 6.45) is 0.720. The van der Waals surface area contributed by atoms with Gasteiger partial charge in [-0.2, -0.15) is 5.10 Å². The summed E-state index contributed by atoms with van der Waals surface area (Å²) in [4.78, 5) is 26.9. The number of amides is 1. The second-order valence-electron chi connectivity index (χ2n) is 4.43. The number of aliphatic carboxylic acids is 1. The van der Waals surface area contributed by atoms with E-state index in [9.17, 15) is 9.59 Å². The summed E-state index contributed by atoms with van der Waals surface area (Å²) in [6.45, 7) is 2.06. The van der Waals surface area contributed by atoms with Gasteiger partial charge in [0.25, 0.3) is 0 Å². The molecule has 114 valence electrons. The molecule has 2 aromatic heterocycles. The maximum absolute atomic E-state index is 11.7. The molecule has 0 aromatic carbocycles. The molecule has 0 unspecified atom stereocenters. The van der Waals surface area contributed by atoms with E-state index in [2.05, 4.69) is 15.4 Å². The SMILES string of the molecule is CCc1nn(C)c2c1nc(SCC(=O)O)n2CC(=O)NC. The van der Waals surface area contributed by atoms with Crippen LogP contribution in [0.3, 0.4) is 0 Å². The van der Waals surface area contributed by atoms with Crippen LogP contribution in [0.4, 0.5) is 0 Å². The Hall–Kier alpha value is -2.03. The van der Waals surface area contributed by atoms with Crippen molar-refractivity contribution in [3.63, 3.8) is 0 Å². The lowest BCUT2D eigenvalue weighted by Crippen LogP contribution is -2.24. The fourth-order valence-corrected chi connectivity index (χ4v) is 2.78. The number of hydrogen-bond acceptors (Lipinski definition) is 5. The number of carbonyl (C=O) groups excluding carboxylic acids is 1. The van der Waals surface area contributed by atoms with Crippen molar-refractivity contribution in [1.29, 1.82) is 0 Å². The van der Waals surface area contributed by atoms with E-state index >= 15 is 0 Å². The van der Waals surface area contributed by atoms with E-state index in [1.54, 1.807) is 23.3 Å². The van der Waals surface area contributed by atoms with Crippen molar-refractivity contribution in [2.24, 2.45) is 7.05 Å². The van der Waals surface area contributed by atoms with Crippen LogP contribution in [0.2, 0.25) is 0 Å². The van der Waals surface area contributed by atoms with Crippen LogP contribution in [0.15, 0.2) is 5.16 Å². The van der Waals surface area contributed by atoms with E-state index in [0.29, 0.717) is 5.16 Å². The minimum Gasteiger partial charge on any atom is -0.481 e. The molecule has 0 fully saturated rings. The molecule has 21 heavy (non-hydrogen) atoms. The van der Waals surface area contributed by atoms with Gasteiger partial charge in [-0.1, -0.05) is 18.7 Å². The second kappa shape index (κ2) is 6.17. The molecule has 0 saturated carbocycles. The lowest BCUT2D eigenvalue weighted by molar-refractivity contribution is -0.133. The van der Waals surface area contributed by atoms with Crippen LogP contribution < -0.4 is 5.32 Å². The first kappa shape index (κ1) is 15.4. The molecule has 0 aliphatic carbocycles. The maximum Gasteiger partial charge on any atom is 0.313 e. The van der Waals surface area contributed by atoms with Gasteiger partial charge < -0.3 is 10.4 Å². The molecule has 0 aliphatic rings. The topological polar surface area (TPSA) is 102 Å². The highest BCUT2D eigenvalue weighted by Crippen LogP contribution is 2.26. The number of likely N-dealkylation sites (N-methyl/N-ethyl adjacent to an activating group) is 1. The van der Waals surface area contributed by atoms with Crippen LogP contribution in [-0.2, 0) is 29.6 Å². The van der Waals surface area contributed by atoms with Gasteiger partial charge in [0.1, 0.15) is 12.1 Å². The van der Waals surface area contributed by atoms with Gasteiger partial charge in [-0.05, 0) is 6.42 Å². The van der Waals surface area contributed by atoms with Crippen LogP contribution in [0.5, 0.6) is 0 Å². The van der Waals surface area contributed by atoms with E-state index < -0.39 is 5.97 Å². The minimum absolute atomic E-state index is 0.0810. The number of nitrogens with one attached hydrogen (secondary N) is 1. The first-order valence-electron chi connectivity index (χ1n) is 6.45. The number of imidazole rings is 1. The van der Waals surface area contributed by atoms with Crippen molar-refractivity contribution in [1.82, 2.24) is 24.6 Å². The van der Waals surface area contributed by atoms with Gasteiger partial charge in [0.05, 0.1) is 11.4 Å². The minimum atomic E-state index is -0.924. The molecule has 9 heteroatoms. The monoisotopic (exact) mass is 311 g/mol. The average molecular weight is 311 g/mol. The molecule has 2 aromatic rings. The quantitative estimate of drug-likeness (QED) is 0.742. The van der Waals surface area contributed by atoms with Crippen molar-refractivity contribution in [3.8, 4) is 0 Å². The van der Waals surface area contributed by atoms with Gasteiger partial charge in [-0.3, -0.25) is 18.8 Å². The van der Waals surface area contributed by atoms with Gasteiger partial charge in [0.2, 0.25) is 5.91 Å². The first-order chi connectivity index (χ1) is 9.97. The predicted octanol–water partition coefficient (Wildman–Crippen LogP) is 0.255. The van der Waals surface area contributed by atoms with E-state index in [1.807, 2.05) is 6.92 Å². The number of thioether (sulfide) groups is 1. The number of carbonyl (C=O) groups is 2. The zero-order valence-electron chi connectivity index (χ0n) is 12.1. The highest BCUT2D eigenvalue weighted by molar-refractivity contribution is 7.99. The Bertz CT molecular complexity index is 691. The Balaban J connectivity index is 2.51. The summed E-state index contributed by atoms with van der Waals surface area (Å²) in [5.41, 5.74) is 2.28. The summed E-state index contributed by atoms with van der Waals surface area (Å²) >= 11 is 1.10. The largest absolute Gasteiger partial charge is 0.481 e. The number of carboxylic acid groups (broad SMARTS) is 1. The van der Waals surface area contributed by atoms with Crippen LogP contribution >= 0.6 is 11.8 Å². The molecular formula is C12H17N5O3S. The molecule has 0 aliphatic heterocycles. The zero-order chi connectivity index (χ0) is 15.6. The Labute approximate surface area is 125 Å². The lowest BCUT2D eigenvalue weighted by atomic mass is 10.3. The Morgan fingerprint density at radius 3 is 2.71 bits per heavy atom. The molecule has 0 atom stereocenters. The predicted molar refractivity (Wildman–Crippen MR) is 78.3 cm³/mol. The summed E-state index contributed by atoms with van der Waals surface area (Å²) in [5.74, 6) is -1.20. The summed E-state index contributed by atoms with van der Waals surface area (Å²) in [6, 6.07) is 0. The summed E-state index contributed by atoms with van der Waals surface area (Å²) < 4.78 is 3.38. The number of hydrogen-bond donors (Lipinski definition) is 2. The molecular weight excluding hydrogens is 294 g/mol. The summed E-state index contributed by atoms with van der Waals surface area (Å²) in [5, 5.41) is 16.3. The zero-order valence-corrected chi connectivity index (χ0v) is 12.9. The highest BCUT2D eigenvalue weighted by atomic mass is 32.2. The van der Waals surface area contributed by atoms with Crippen molar-refractivity contribution in [2.75, 3.05) is 12.8 Å². The first-order valence-corrected chi connectivity index (χ1v) is 7.43. The van der Waals surface area contributed by atoms with Crippen LogP contribution in [0.25, 0.3) is 11.2 Å². The molecule has 2 rings (SSSR count). The Morgan fingerprint density at radius 2 is 2.14 bits per heavy atom. The Morgan fingerprint density at radius 1 is 1.43 bits per heavy atom. The van der Waals surface area contributed by atoms with E-state index in [1.165, 1.54) is 0 Å². The van der Waals surface area contributed by atoms with E-state index in [0.717, 1.165) is 35.0 Å². The van der Waals surface area contributed by atoms with E-state index in [4.69, 9.17) is 5.11 Å². The smallest absolute Gasteiger partial charge is 0.313 e. The Kier molecular flexibility index (Phi) is 4.51. The molecule has 2 heterocycles. The van der Waals surface area contributed by atoms with Crippen LogP contribution in [0.1, 0.15) is 12.6 Å². The summed E-state index contributed by atoms with van der Waals surface area (Å²) in [7, 11) is 3.34. The number of aryl methyl sites for hydroxylation is 2. The van der Waals surface area contributed by atoms with Gasteiger partial charge in [-0.25, -0.2) is 4.98 Å². The third-order valence-corrected chi connectivity index (χ3v) is 3.96. The van der Waals surface area contributed by atoms with Crippen molar-refractivity contribution in [2.45, 2.75) is 25.0 Å². The van der Waals surface area contributed by atoms with Crippen molar-refractivity contribution in [3.05, 3.63) is 5.69 Å². The third-order valence-electron chi connectivity index (χ3n) is 3.00. The molecule has 0 radical (unpaired) electrons. The van der Waals surface area contributed by atoms with Crippen LogP contribution in [0, 0.1) is 0 Å². The van der Waals surface area contributed by atoms with Crippen molar-refractivity contribution >= 4 is 34.8 Å². The molecule has 0 bridgehead atoms.